The Morgan fingerprint density at radius 3 is 2.70 bits per heavy atom. The third kappa shape index (κ3) is 3.88. The van der Waals surface area contributed by atoms with Gasteiger partial charge in [0.15, 0.2) is 0 Å². The van der Waals surface area contributed by atoms with E-state index in [4.69, 9.17) is 4.74 Å². The zero-order chi connectivity index (χ0) is 16.2. The highest BCUT2D eigenvalue weighted by molar-refractivity contribution is 5.81. The van der Waals surface area contributed by atoms with Crippen LogP contribution in [-0.4, -0.2) is 66.2 Å². The molecule has 0 aromatic heterocycles. The maximum atomic E-state index is 13.7. The lowest BCUT2D eigenvalue weighted by molar-refractivity contribution is -0.142. The van der Waals surface area contributed by atoms with E-state index < -0.39 is 6.10 Å². The van der Waals surface area contributed by atoms with Crippen LogP contribution in [0.15, 0.2) is 24.3 Å². The Morgan fingerprint density at radius 1 is 1.30 bits per heavy atom. The van der Waals surface area contributed by atoms with E-state index in [-0.39, 0.29) is 17.8 Å². The Morgan fingerprint density at radius 2 is 2.04 bits per heavy atom. The number of amides is 1. The molecule has 1 N–H and O–H groups in total. The van der Waals surface area contributed by atoms with Crippen LogP contribution in [0, 0.1) is 5.82 Å². The molecule has 0 radical (unpaired) electrons. The van der Waals surface area contributed by atoms with Gasteiger partial charge in [-0.3, -0.25) is 9.69 Å². The minimum absolute atomic E-state index is 0.0804. The van der Waals surface area contributed by atoms with Gasteiger partial charge in [0.2, 0.25) is 0 Å². The first-order valence-corrected chi connectivity index (χ1v) is 8.20. The number of benzene rings is 1. The summed E-state index contributed by atoms with van der Waals surface area (Å²) >= 11 is 0. The van der Waals surface area contributed by atoms with Gasteiger partial charge in [-0.1, -0.05) is 18.2 Å². The molecular formula is C17H23FN2O3. The molecular weight excluding hydrogens is 299 g/mol. The first-order chi connectivity index (χ1) is 11.1. The van der Waals surface area contributed by atoms with Crippen molar-refractivity contribution in [2.75, 3.05) is 39.3 Å². The van der Waals surface area contributed by atoms with E-state index in [1.807, 2.05) is 4.90 Å². The second-order valence-corrected chi connectivity index (χ2v) is 6.16. The largest absolute Gasteiger partial charge is 0.387 e. The number of halogens is 1. The summed E-state index contributed by atoms with van der Waals surface area (Å²) in [5.74, 6) is -0.302. The molecule has 126 valence electrons. The van der Waals surface area contributed by atoms with E-state index in [9.17, 15) is 14.3 Å². The van der Waals surface area contributed by atoms with E-state index in [2.05, 4.69) is 4.90 Å². The second kappa shape index (κ2) is 7.38. The number of piperazine rings is 1. The summed E-state index contributed by atoms with van der Waals surface area (Å²) in [6, 6.07) is 6.30. The van der Waals surface area contributed by atoms with Gasteiger partial charge < -0.3 is 14.7 Å². The Hall–Kier alpha value is -1.50. The topological polar surface area (TPSA) is 53.0 Å². The maximum absolute atomic E-state index is 13.7. The third-order valence-electron chi connectivity index (χ3n) is 4.58. The van der Waals surface area contributed by atoms with Crippen molar-refractivity contribution in [2.24, 2.45) is 0 Å². The van der Waals surface area contributed by atoms with Crippen molar-refractivity contribution < 1.29 is 19.0 Å². The summed E-state index contributed by atoms with van der Waals surface area (Å²) in [7, 11) is 0. The fourth-order valence-electron chi connectivity index (χ4n) is 3.22. The number of β-amino-alcohol motifs (C(OH)–C–C–N with tert-alkyl or cyclic N) is 1. The summed E-state index contributed by atoms with van der Waals surface area (Å²) in [5.41, 5.74) is 0.324. The standard InChI is InChI=1S/C17H23FN2O3/c18-14-5-2-1-4-13(14)15(21)12-19-7-9-20(10-8-19)17(22)16-6-3-11-23-16/h1-2,4-5,15-16,21H,3,6-12H2/t15-,16+/m0/s1. The molecule has 1 aromatic rings. The van der Waals surface area contributed by atoms with Crippen LogP contribution in [-0.2, 0) is 9.53 Å². The molecule has 2 fully saturated rings. The van der Waals surface area contributed by atoms with E-state index in [0.29, 0.717) is 44.9 Å². The SMILES string of the molecule is O=C([C@H]1CCCO1)N1CCN(C[C@H](O)c2ccccc2F)CC1. The molecule has 23 heavy (non-hydrogen) atoms. The van der Waals surface area contributed by atoms with Gasteiger partial charge in [-0.25, -0.2) is 4.39 Å². The van der Waals surface area contributed by atoms with Crippen molar-refractivity contribution in [2.45, 2.75) is 25.0 Å². The van der Waals surface area contributed by atoms with Crippen LogP contribution in [0.2, 0.25) is 0 Å². The van der Waals surface area contributed by atoms with Crippen molar-refractivity contribution in [1.29, 1.82) is 0 Å². The lowest BCUT2D eigenvalue weighted by Crippen LogP contribution is -2.52. The molecule has 0 saturated carbocycles. The fraction of sp³-hybridized carbons (Fsp3) is 0.588. The maximum Gasteiger partial charge on any atom is 0.251 e. The first kappa shape index (κ1) is 16.4. The van der Waals surface area contributed by atoms with E-state index in [1.54, 1.807) is 18.2 Å². The third-order valence-corrected chi connectivity index (χ3v) is 4.58. The summed E-state index contributed by atoms with van der Waals surface area (Å²) in [5, 5.41) is 10.2. The molecule has 2 aliphatic heterocycles. The minimum Gasteiger partial charge on any atom is -0.387 e. The summed E-state index contributed by atoms with van der Waals surface area (Å²) in [6.45, 7) is 3.67. The molecule has 1 amide bonds. The van der Waals surface area contributed by atoms with Gasteiger partial charge in [0.1, 0.15) is 11.9 Å². The predicted molar refractivity (Wildman–Crippen MR) is 83.4 cm³/mol. The molecule has 5 nitrogen and oxygen atoms in total. The smallest absolute Gasteiger partial charge is 0.251 e. The van der Waals surface area contributed by atoms with E-state index in [0.717, 1.165) is 12.8 Å². The van der Waals surface area contributed by atoms with Crippen molar-refractivity contribution in [3.05, 3.63) is 35.6 Å². The van der Waals surface area contributed by atoms with Gasteiger partial charge in [-0.2, -0.15) is 0 Å². The number of carbonyl (C=O) groups excluding carboxylic acids is 1. The molecule has 6 heteroatoms. The summed E-state index contributed by atoms with van der Waals surface area (Å²) < 4.78 is 19.1. The van der Waals surface area contributed by atoms with Crippen LogP contribution in [0.3, 0.4) is 0 Å². The van der Waals surface area contributed by atoms with E-state index >= 15 is 0 Å². The number of carbonyl (C=O) groups is 1. The van der Waals surface area contributed by atoms with E-state index in [1.165, 1.54) is 6.07 Å². The summed E-state index contributed by atoms with van der Waals surface area (Å²) in [4.78, 5) is 16.2. The van der Waals surface area contributed by atoms with Crippen LogP contribution in [0.5, 0.6) is 0 Å². The molecule has 1 aromatic carbocycles. The number of hydrogen-bond acceptors (Lipinski definition) is 4. The van der Waals surface area contributed by atoms with Crippen molar-refractivity contribution >= 4 is 5.91 Å². The van der Waals surface area contributed by atoms with Crippen LogP contribution >= 0.6 is 0 Å². The molecule has 3 rings (SSSR count). The highest BCUT2D eigenvalue weighted by atomic mass is 19.1. The Bertz CT molecular complexity index is 540. The molecule has 2 aliphatic rings. The van der Waals surface area contributed by atoms with Crippen LogP contribution < -0.4 is 0 Å². The minimum atomic E-state index is -0.850. The van der Waals surface area contributed by atoms with Crippen LogP contribution in [0.4, 0.5) is 4.39 Å². The molecule has 0 spiro atoms. The zero-order valence-corrected chi connectivity index (χ0v) is 13.2. The highest BCUT2D eigenvalue weighted by Crippen LogP contribution is 2.20. The number of hydrogen-bond donors (Lipinski definition) is 1. The number of aliphatic hydroxyl groups is 1. The Kier molecular flexibility index (Phi) is 5.25. The lowest BCUT2D eigenvalue weighted by atomic mass is 10.1. The summed E-state index contributed by atoms with van der Waals surface area (Å²) in [6.07, 6.45) is 0.637. The van der Waals surface area contributed by atoms with Crippen molar-refractivity contribution in [3.8, 4) is 0 Å². The quantitative estimate of drug-likeness (QED) is 0.904. The van der Waals surface area contributed by atoms with Gasteiger partial charge in [-0.05, 0) is 18.9 Å². The number of nitrogens with zero attached hydrogens (tertiary/aromatic N) is 2. The fourth-order valence-corrected chi connectivity index (χ4v) is 3.22. The number of aliphatic hydroxyl groups excluding tert-OH is 1. The Balaban J connectivity index is 1.49. The van der Waals surface area contributed by atoms with Crippen molar-refractivity contribution in [1.82, 2.24) is 9.80 Å². The average Bonchev–Trinajstić information content (AvgIpc) is 3.09. The number of rotatable bonds is 4. The lowest BCUT2D eigenvalue weighted by Gasteiger charge is -2.36. The highest BCUT2D eigenvalue weighted by Gasteiger charge is 2.30. The normalized spacial score (nSPS) is 23.9. The van der Waals surface area contributed by atoms with Crippen molar-refractivity contribution in [3.63, 3.8) is 0 Å². The average molecular weight is 322 g/mol. The van der Waals surface area contributed by atoms with Gasteiger partial charge in [0.05, 0.1) is 6.10 Å². The molecule has 0 aliphatic carbocycles. The van der Waals surface area contributed by atoms with Gasteiger partial charge in [0.25, 0.3) is 5.91 Å². The zero-order valence-electron chi connectivity index (χ0n) is 13.2. The van der Waals surface area contributed by atoms with Gasteiger partial charge in [-0.15, -0.1) is 0 Å². The predicted octanol–water partition coefficient (Wildman–Crippen LogP) is 1.18. The molecule has 0 bridgehead atoms. The molecule has 2 saturated heterocycles. The van der Waals surface area contributed by atoms with Crippen LogP contribution in [0.25, 0.3) is 0 Å². The molecule has 0 unspecified atom stereocenters. The van der Waals surface area contributed by atoms with Crippen LogP contribution in [0.1, 0.15) is 24.5 Å². The monoisotopic (exact) mass is 322 g/mol. The number of ether oxygens (including phenoxy) is 1. The molecule has 2 heterocycles. The second-order valence-electron chi connectivity index (χ2n) is 6.16. The van der Waals surface area contributed by atoms with Gasteiger partial charge in [0, 0.05) is 44.9 Å². The first-order valence-electron chi connectivity index (χ1n) is 8.20. The Labute approximate surface area is 135 Å². The van der Waals surface area contributed by atoms with Gasteiger partial charge >= 0.3 is 0 Å². The molecule has 2 atom stereocenters.